The van der Waals surface area contributed by atoms with Gasteiger partial charge >= 0.3 is 0 Å². The minimum Gasteiger partial charge on any atom is -0.206 e. The fourth-order valence-electron chi connectivity index (χ4n) is 4.49. The summed E-state index contributed by atoms with van der Waals surface area (Å²) in [4.78, 5) is 0. The highest BCUT2D eigenvalue weighted by Crippen LogP contribution is 2.37. The SMILES string of the molecule is CCCCc1ccc(/C=C/c2ccc([C@H]3CC[C@H](CCC)CC3)cc2F)cc1. The van der Waals surface area contributed by atoms with Crippen molar-refractivity contribution in [1.29, 1.82) is 0 Å². The first-order valence-corrected chi connectivity index (χ1v) is 11.3. The lowest BCUT2D eigenvalue weighted by molar-refractivity contribution is 0.308. The molecule has 1 fully saturated rings. The Morgan fingerprint density at radius 1 is 0.893 bits per heavy atom. The van der Waals surface area contributed by atoms with Gasteiger partial charge in [-0.2, -0.15) is 0 Å². The van der Waals surface area contributed by atoms with Crippen LogP contribution in [0.25, 0.3) is 12.2 Å². The molecule has 0 amide bonds. The second-order valence-corrected chi connectivity index (χ2v) is 8.47. The molecule has 150 valence electrons. The van der Waals surface area contributed by atoms with Crippen LogP contribution in [0.4, 0.5) is 4.39 Å². The zero-order valence-corrected chi connectivity index (χ0v) is 17.6. The second kappa shape index (κ2) is 10.6. The molecule has 3 rings (SSSR count). The molecule has 1 heteroatoms. The minimum atomic E-state index is -0.0935. The number of benzene rings is 2. The maximum atomic E-state index is 14.7. The van der Waals surface area contributed by atoms with Crippen molar-refractivity contribution >= 4 is 12.2 Å². The van der Waals surface area contributed by atoms with Gasteiger partial charge in [-0.1, -0.05) is 81.7 Å². The first-order valence-electron chi connectivity index (χ1n) is 11.3. The molecule has 2 aromatic rings. The number of hydrogen-bond donors (Lipinski definition) is 0. The van der Waals surface area contributed by atoms with Crippen LogP contribution in [0.15, 0.2) is 42.5 Å². The molecular formula is C27H35F. The average molecular weight is 379 g/mol. The van der Waals surface area contributed by atoms with Gasteiger partial charge in [0.25, 0.3) is 0 Å². The van der Waals surface area contributed by atoms with E-state index >= 15 is 0 Å². The van der Waals surface area contributed by atoms with E-state index in [1.165, 1.54) is 62.5 Å². The highest BCUT2D eigenvalue weighted by atomic mass is 19.1. The van der Waals surface area contributed by atoms with Gasteiger partial charge in [-0.25, -0.2) is 4.39 Å². The lowest BCUT2D eigenvalue weighted by Crippen LogP contribution is -2.13. The zero-order valence-electron chi connectivity index (χ0n) is 17.6. The van der Waals surface area contributed by atoms with E-state index in [0.29, 0.717) is 11.5 Å². The summed E-state index contributed by atoms with van der Waals surface area (Å²) in [7, 11) is 0. The number of aryl methyl sites for hydroxylation is 1. The molecule has 0 spiro atoms. The highest BCUT2D eigenvalue weighted by Gasteiger charge is 2.22. The molecule has 1 saturated carbocycles. The first kappa shape index (κ1) is 20.8. The number of rotatable bonds is 8. The first-order chi connectivity index (χ1) is 13.7. The third-order valence-electron chi connectivity index (χ3n) is 6.29. The molecule has 0 unspecified atom stereocenters. The van der Waals surface area contributed by atoms with Gasteiger partial charge in [0, 0.05) is 5.56 Å². The topological polar surface area (TPSA) is 0 Å². The van der Waals surface area contributed by atoms with Crippen LogP contribution in [0, 0.1) is 11.7 Å². The zero-order chi connectivity index (χ0) is 19.8. The van der Waals surface area contributed by atoms with Gasteiger partial charge in [-0.15, -0.1) is 0 Å². The van der Waals surface area contributed by atoms with Crippen LogP contribution in [-0.4, -0.2) is 0 Å². The predicted octanol–water partition coefficient (Wildman–Crippen LogP) is 8.41. The van der Waals surface area contributed by atoms with Crippen LogP contribution in [0.3, 0.4) is 0 Å². The monoisotopic (exact) mass is 378 g/mol. The van der Waals surface area contributed by atoms with Gasteiger partial charge in [-0.3, -0.25) is 0 Å². The third-order valence-corrected chi connectivity index (χ3v) is 6.29. The van der Waals surface area contributed by atoms with Crippen molar-refractivity contribution in [2.75, 3.05) is 0 Å². The van der Waals surface area contributed by atoms with Crippen LogP contribution in [0.1, 0.15) is 93.4 Å². The summed E-state index contributed by atoms with van der Waals surface area (Å²) in [5.74, 6) is 1.34. The Morgan fingerprint density at radius 3 is 2.29 bits per heavy atom. The van der Waals surface area contributed by atoms with E-state index in [9.17, 15) is 4.39 Å². The van der Waals surface area contributed by atoms with Crippen LogP contribution in [0.5, 0.6) is 0 Å². The standard InChI is InChI=1S/C27H35F/c1-3-5-7-22-8-10-23(11-9-22)14-17-25-18-19-26(20-27(25)28)24-15-12-21(6-4-2)13-16-24/h8-11,14,17-21,24H,3-7,12-13,15-16H2,1-2H3/b17-14+/t21-,24-. The van der Waals surface area contributed by atoms with Gasteiger partial charge in [0.05, 0.1) is 0 Å². The van der Waals surface area contributed by atoms with Gasteiger partial charge in [0.1, 0.15) is 5.82 Å². The van der Waals surface area contributed by atoms with Crippen LogP contribution < -0.4 is 0 Å². The number of hydrogen-bond acceptors (Lipinski definition) is 0. The smallest absolute Gasteiger partial charge is 0.130 e. The number of halogens is 1. The van der Waals surface area contributed by atoms with Crippen molar-refractivity contribution in [3.8, 4) is 0 Å². The van der Waals surface area contributed by atoms with E-state index in [2.05, 4.69) is 44.2 Å². The maximum absolute atomic E-state index is 14.7. The highest BCUT2D eigenvalue weighted by molar-refractivity contribution is 5.70. The molecule has 1 aliphatic rings. The van der Waals surface area contributed by atoms with Crippen molar-refractivity contribution in [2.24, 2.45) is 5.92 Å². The van der Waals surface area contributed by atoms with E-state index < -0.39 is 0 Å². The molecule has 0 nitrogen and oxygen atoms in total. The molecule has 0 aliphatic heterocycles. The molecule has 0 aromatic heterocycles. The second-order valence-electron chi connectivity index (χ2n) is 8.47. The lowest BCUT2D eigenvalue weighted by Gasteiger charge is -2.28. The van der Waals surface area contributed by atoms with E-state index in [1.54, 1.807) is 6.07 Å². The molecule has 0 bridgehead atoms. The minimum absolute atomic E-state index is 0.0935. The Kier molecular flexibility index (Phi) is 7.89. The van der Waals surface area contributed by atoms with E-state index in [4.69, 9.17) is 0 Å². The predicted molar refractivity (Wildman–Crippen MR) is 120 cm³/mol. The van der Waals surface area contributed by atoms with E-state index in [1.807, 2.05) is 18.2 Å². The molecular weight excluding hydrogens is 343 g/mol. The molecule has 1 aliphatic carbocycles. The van der Waals surface area contributed by atoms with Crippen LogP contribution in [0.2, 0.25) is 0 Å². The van der Waals surface area contributed by atoms with E-state index in [0.717, 1.165) is 17.9 Å². The van der Waals surface area contributed by atoms with Gasteiger partial charge in [0.15, 0.2) is 0 Å². The van der Waals surface area contributed by atoms with Crippen molar-refractivity contribution in [3.63, 3.8) is 0 Å². The fraction of sp³-hybridized carbons (Fsp3) is 0.481. The lowest BCUT2D eigenvalue weighted by atomic mass is 9.77. The molecule has 0 heterocycles. The maximum Gasteiger partial charge on any atom is 0.130 e. The Bertz CT molecular complexity index is 748. The summed E-state index contributed by atoms with van der Waals surface area (Å²) in [6, 6.07) is 14.5. The van der Waals surface area contributed by atoms with Crippen molar-refractivity contribution < 1.29 is 4.39 Å². The van der Waals surface area contributed by atoms with Gasteiger partial charge < -0.3 is 0 Å². The van der Waals surface area contributed by atoms with E-state index in [-0.39, 0.29) is 5.82 Å². The van der Waals surface area contributed by atoms with Gasteiger partial charge in [0.2, 0.25) is 0 Å². The van der Waals surface area contributed by atoms with Crippen LogP contribution >= 0.6 is 0 Å². The summed E-state index contributed by atoms with van der Waals surface area (Å²) >= 11 is 0. The molecule has 0 atom stereocenters. The summed E-state index contributed by atoms with van der Waals surface area (Å²) in [5.41, 5.74) is 4.37. The molecule has 2 aromatic carbocycles. The fourth-order valence-corrected chi connectivity index (χ4v) is 4.49. The molecule has 0 radical (unpaired) electrons. The molecule has 0 saturated heterocycles. The van der Waals surface area contributed by atoms with Crippen molar-refractivity contribution in [3.05, 3.63) is 70.5 Å². The normalized spacial score (nSPS) is 20.0. The molecule has 0 N–H and O–H groups in total. The molecule has 28 heavy (non-hydrogen) atoms. The largest absolute Gasteiger partial charge is 0.206 e. The Morgan fingerprint density at radius 2 is 1.64 bits per heavy atom. The van der Waals surface area contributed by atoms with Crippen LogP contribution in [-0.2, 0) is 6.42 Å². The summed E-state index contributed by atoms with van der Waals surface area (Å²) in [6.45, 7) is 4.49. The average Bonchev–Trinajstić information content (AvgIpc) is 2.73. The van der Waals surface area contributed by atoms with Gasteiger partial charge in [-0.05, 0) is 73.1 Å². The third kappa shape index (κ3) is 5.80. The Balaban J connectivity index is 1.60. The quantitative estimate of drug-likeness (QED) is 0.404. The summed E-state index contributed by atoms with van der Waals surface area (Å²) < 4.78 is 14.7. The summed E-state index contributed by atoms with van der Waals surface area (Å²) in [5, 5.41) is 0. The van der Waals surface area contributed by atoms with Crippen molar-refractivity contribution in [1.82, 2.24) is 0 Å². The summed E-state index contributed by atoms with van der Waals surface area (Å²) in [6.07, 6.45) is 15.2. The van der Waals surface area contributed by atoms with Crippen molar-refractivity contribution in [2.45, 2.75) is 77.6 Å². The Labute approximate surface area is 170 Å². The number of unbranched alkanes of at least 4 members (excludes halogenated alkanes) is 1. The Hall–Kier alpha value is -1.89.